The molecule has 1 atom stereocenters. The Bertz CT molecular complexity index is 986. The molecule has 4 rings (SSSR count). The van der Waals surface area contributed by atoms with Gasteiger partial charge in [0.1, 0.15) is 5.69 Å². The third-order valence-electron chi connectivity index (χ3n) is 5.13. The molecule has 0 saturated heterocycles. The van der Waals surface area contributed by atoms with Crippen molar-refractivity contribution in [3.05, 3.63) is 64.5 Å². The summed E-state index contributed by atoms with van der Waals surface area (Å²) >= 11 is 0. The molecule has 1 aromatic carbocycles. The number of pyridine rings is 1. The molecule has 29 heavy (non-hydrogen) atoms. The van der Waals surface area contributed by atoms with Crippen molar-refractivity contribution >= 4 is 17.2 Å². The van der Waals surface area contributed by atoms with Crippen LogP contribution in [0, 0.1) is 0 Å². The van der Waals surface area contributed by atoms with Crippen molar-refractivity contribution in [3.63, 3.8) is 0 Å². The number of rotatable bonds is 2. The highest BCUT2D eigenvalue weighted by Crippen LogP contribution is 2.32. The van der Waals surface area contributed by atoms with Crippen LogP contribution in [0.5, 0.6) is 0 Å². The Labute approximate surface area is 165 Å². The number of carbonyl (C=O) groups excluding carboxylic acids is 1. The summed E-state index contributed by atoms with van der Waals surface area (Å²) in [5.74, 6) is -0.412. The Balaban J connectivity index is 1.58. The van der Waals surface area contributed by atoms with E-state index in [-0.39, 0.29) is 18.9 Å². The molecule has 0 bridgehead atoms. The number of aliphatic hydroxyl groups is 1. The van der Waals surface area contributed by atoms with Crippen LogP contribution in [0.4, 0.5) is 18.9 Å². The summed E-state index contributed by atoms with van der Waals surface area (Å²) in [5.41, 5.74) is 2.75. The number of benzene rings is 1. The molecule has 1 aromatic heterocycles. The lowest BCUT2D eigenvalue weighted by atomic mass is 9.88. The fourth-order valence-corrected chi connectivity index (χ4v) is 3.73. The Morgan fingerprint density at radius 2 is 2.07 bits per heavy atom. The van der Waals surface area contributed by atoms with Gasteiger partial charge in [0.2, 0.25) is 5.91 Å². The quantitative estimate of drug-likeness (QED) is 0.752. The first kappa shape index (κ1) is 19.6. The van der Waals surface area contributed by atoms with E-state index in [1.807, 2.05) is 12.1 Å². The summed E-state index contributed by atoms with van der Waals surface area (Å²) < 4.78 is 43.9. The fourth-order valence-electron chi connectivity index (χ4n) is 3.73. The number of carbonyl (C=O) groups is 1. The molecule has 2 aliphatic rings. The molecule has 0 radical (unpaired) electrons. The molecule has 0 fully saturated rings. The average molecular weight is 404 g/mol. The summed E-state index contributed by atoms with van der Waals surface area (Å²) in [4.78, 5) is 16.2. The van der Waals surface area contributed by atoms with Crippen LogP contribution in [-0.4, -0.2) is 28.7 Å². The normalized spacial score (nSPS) is 20.1. The number of nitrogens with zero attached hydrogens (tertiary/aromatic N) is 1. The van der Waals surface area contributed by atoms with E-state index in [0.717, 1.165) is 23.6 Å². The minimum atomic E-state index is -4.54. The second-order valence-corrected chi connectivity index (χ2v) is 7.18. The molecule has 1 aliphatic carbocycles. The number of aliphatic hydroxyl groups excluding tert-OH is 1. The zero-order chi connectivity index (χ0) is 20.6. The van der Waals surface area contributed by atoms with Crippen LogP contribution < -0.4 is 5.32 Å². The van der Waals surface area contributed by atoms with Gasteiger partial charge < -0.3 is 15.2 Å². The number of aryl methyl sites for hydroxylation is 1. The molecular formula is C21H19F3N2O3. The van der Waals surface area contributed by atoms with Crippen molar-refractivity contribution in [1.29, 1.82) is 0 Å². The Hall–Kier alpha value is -2.71. The molecule has 2 heterocycles. The van der Waals surface area contributed by atoms with E-state index in [4.69, 9.17) is 4.74 Å². The molecule has 2 N–H and O–H groups in total. The minimum Gasteiger partial charge on any atom is -0.393 e. The molecule has 0 saturated carbocycles. The summed E-state index contributed by atoms with van der Waals surface area (Å²) in [5, 5.41) is 12.8. The van der Waals surface area contributed by atoms with Crippen molar-refractivity contribution in [1.82, 2.24) is 4.98 Å². The number of halogens is 3. The smallest absolute Gasteiger partial charge is 0.393 e. The number of fused-ring (bicyclic) bond motifs is 2. The maximum atomic E-state index is 12.9. The number of hydrogen-bond acceptors (Lipinski definition) is 4. The van der Waals surface area contributed by atoms with Crippen molar-refractivity contribution in [3.8, 4) is 0 Å². The number of ether oxygens (including phenoxy) is 1. The molecule has 1 unspecified atom stereocenters. The highest BCUT2D eigenvalue weighted by atomic mass is 19.4. The van der Waals surface area contributed by atoms with Gasteiger partial charge in [-0.2, -0.15) is 13.2 Å². The second-order valence-electron chi connectivity index (χ2n) is 7.18. The topological polar surface area (TPSA) is 71.5 Å². The number of amides is 1. The SMILES string of the molecule is O=C(C=C1COCc2nc(C(F)(F)F)ccc21)Nc1cccc2c1CC(O)CC2. The largest absolute Gasteiger partial charge is 0.433 e. The average Bonchev–Trinajstić information content (AvgIpc) is 2.67. The second kappa shape index (κ2) is 7.61. The van der Waals surface area contributed by atoms with Gasteiger partial charge in [-0.15, -0.1) is 0 Å². The van der Waals surface area contributed by atoms with Gasteiger partial charge in [-0.25, -0.2) is 4.98 Å². The Kier molecular flexibility index (Phi) is 5.14. The standard InChI is InChI=1S/C21H19F3N2O3/c22-21(23,24)19-7-6-15-13(10-29-11-18(15)25-19)8-20(28)26-17-3-1-2-12-4-5-14(27)9-16(12)17/h1-3,6-8,14,27H,4-5,9-11H2,(H,26,28). The van der Waals surface area contributed by atoms with Crippen molar-refractivity contribution < 1.29 is 27.8 Å². The van der Waals surface area contributed by atoms with E-state index in [1.54, 1.807) is 6.07 Å². The van der Waals surface area contributed by atoms with E-state index in [9.17, 15) is 23.1 Å². The molecule has 2 aromatic rings. The van der Waals surface area contributed by atoms with E-state index < -0.39 is 23.9 Å². The van der Waals surface area contributed by atoms with Crippen LogP contribution in [0.25, 0.3) is 5.57 Å². The zero-order valence-corrected chi connectivity index (χ0v) is 15.4. The molecule has 1 aliphatic heterocycles. The van der Waals surface area contributed by atoms with Crippen molar-refractivity contribution in [2.24, 2.45) is 0 Å². The van der Waals surface area contributed by atoms with Gasteiger partial charge >= 0.3 is 6.18 Å². The maximum absolute atomic E-state index is 12.9. The minimum absolute atomic E-state index is 0.0394. The van der Waals surface area contributed by atoms with Gasteiger partial charge in [0.25, 0.3) is 0 Å². The third kappa shape index (κ3) is 4.18. The lowest BCUT2D eigenvalue weighted by Crippen LogP contribution is -2.21. The van der Waals surface area contributed by atoms with Crippen molar-refractivity contribution in [2.45, 2.75) is 38.1 Å². The molecule has 1 amide bonds. The van der Waals surface area contributed by atoms with Gasteiger partial charge in [0.15, 0.2) is 0 Å². The number of alkyl halides is 3. The van der Waals surface area contributed by atoms with Gasteiger partial charge in [0, 0.05) is 23.7 Å². The Morgan fingerprint density at radius 1 is 1.24 bits per heavy atom. The van der Waals surface area contributed by atoms with E-state index in [1.165, 1.54) is 12.1 Å². The van der Waals surface area contributed by atoms with Gasteiger partial charge in [-0.3, -0.25) is 4.79 Å². The predicted molar refractivity (Wildman–Crippen MR) is 100.0 cm³/mol. The van der Waals surface area contributed by atoms with Crippen LogP contribution >= 0.6 is 0 Å². The third-order valence-corrected chi connectivity index (χ3v) is 5.13. The number of hydrogen-bond donors (Lipinski definition) is 2. The Morgan fingerprint density at radius 3 is 2.86 bits per heavy atom. The summed E-state index contributed by atoms with van der Waals surface area (Å²) in [6.07, 6.45) is -1.74. The summed E-state index contributed by atoms with van der Waals surface area (Å²) in [7, 11) is 0. The van der Waals surface area contributed by atoms with Gasteiger partial charge in [-0.1, -0.05) is 18.2 Å². The first-order valence-corrected chi connectivity index (χ1v) is 9.27. The lowest BCUT2D eigenvalue weighted by molar-refractivity contribution is -0.141. The lowest BCUT2D eigenvalue weighted by Gasteiger charge is -2.23. The first-order valence-electron chi connectivity index (χ1n) is 9.27. The maximum Gasteiger partial charge on any atom is 0.433 e. The van der Waals surface area contributed by atoms with Crippen LogP contribution in [0.3, 0.4) is 0 Å². The molecule has 0 spiro atoms. The monoisotopic (exact) mass is 404 g/mol. The number of anilines is 1. The first-order chi connectivity index (χ1) is 13.8. The van der Waals surface area contributed by atoms with Crippen LogP contribution in [0.15, 0.2) is 36.4 Å². The number of nitrogens with one attached hydrogen (secondary N) is 1. The predicted octanol–water partition coefficient (Wildman–Crippen LogP) is 3.50. The highest BCUT2D eigenvalue weighted by Gasteiger charge is 2.33. The molecule has 152 valence electrons. The van der Waals surface area contributed by atoms with E-state index in [0.29, 0.717) is 29.7 Å². The fraction of sp³-hybridized carbons (Fsp3) is 0.333. The van der Waals surface area contributed by atoms with Gasteiger partial charge in [0.05, 0.1) is 25.0 Å². The highest BCUT2D eigenvalue weighted by molar-refractivity contribution is 6.04. The summed E-state index contributed by atoms with van der Waals surface area (Å²) in [6, 6.07) is 7.83. The molecule has 5 nitrogen and oxygen atoms in total. The van der Waals surface area contributed by atoms with Crippen LogP contribution in [0.2, 0.25) is 0 Å². The molecular weight excluding hydrogens is 385 g/mol. The van der Waals surface area contributed by atoms with Crippen LogP contribution in [0.1, 0.15) is 34.5 Å². The molecule has 8 heteroatoms. The van der Waals surface area contributed by atoms with Crippen LogP contribution in [-0.2, 0) is 35.2 Å². The summed E-state index contributed by atoms with van der Waals surface area (Å²) in [6.45, 7) is 0.0708. The van der Waals surface area contributed by atoms with Gasteiger partial charge in [-0.05, 0) is 41.7 Å². The zero-order valence-electron chi connectivity index (χ0n) is 15.4. The number of aromatic nitrogens is 1. The van der Waals surface area contributed by atoms with E-state index >= 15 is 0 Å². The van der Waals surface area contributed by atoms with E-state index in [2.05, 4.69) is 10.3 Å². The van der Waals surface area contributed by atoms with Crippen molar-refractivity contribution in [2.75, 3.05) is 11.9 Å².